The number of phenolic OH excluding ortho intramolecular Hbond substituents is 1. The lowest BCUT2D eigenvalue weighted by molar-refractivity contribution is -0.131. The molecule has 3 heteroatoms. The molecule has 0 fully saturated rings. The first kappa shape index (κ1) is 16.2. The Kier molecular flexibility index (Phi) is 7.08. The standard InChI is InChI=1S/C12H10O.C6H8O2/c13-12-9-5-4-8-11(12)10-6-2-1-3-7-10;1-2-3-4-5-6(7)8/h1-9,13H;2-5H,1H3,(H,7,8)/b;3-2+,5-4+. The summed E-state index contributed by atoms with van der Waals surface area (Å²) in [4.78, 5) is 9.75. The van der Waals surface area contributed by atoms with Crippen molar-refractivity contribution in [1.29, 1.82) is 0 Å². The third kappa shape index (κ3) is 6.25. The third-order valence-corrected chi connectivity index (χ3v) is 2.53. The van der Waals surface area contributed by atoms with E-state index in [1.165, 1.54) is 6.08 Å². The van der Waals surface area contributed by atoms with Crippen molar-refractivity contribution in [2.45, 2.75) is 6.92 Å². The Hall–Kier alpha value is -2.81. The van der Waals surface area contributed by atoms with Gasteiger partial charge in [0.15, 0.2) is 0 Å². The van der Waals surface area contributed by atoms with E-state index in [-0.39, 0.29) is 0 Å². The zero-order valence-electron chi connectivity index (χ0n) is 11.8. The summed E-state index contributed by atoms with van der Waals surface area (Å²) in [5.41, 5.74) is 1.92. The second-order valence-electron chi connectivity index (χ2n) is 4.11. The SMILES string of the molecule is C/C=C/C=C/C(=O)O.Oc1ccccc1-c1ccccc1. The van der Waals surface area contributed by atoms with Crippen LogP contribution in [-0.4, -0.2) is 16.2 Å². The maximum absolute atomic E-state index is 9.75. The number of rotatable bonds is 3. The van der Waals surface area contributed by atoms with Gasteiger partial charge in [0.1, 0.15) is 5.75 Å². The fourth-order valence-corrected chi connectivity index (χ4v) is 1.58. The largest absolute Gasteiger partial charge is 0.507 e. The first-order valence-corrected chi connectivity index (χ1v) is 6.51. The van der Waals surface area contributed by atoms with Crippen LogP contribution in [0, 0.1) is 0 Å². The van der Waals surface area contributed by atoms with Crippen LogP contribution >= 0.6 is 0 Å². The number of carbonyl (C=O) groups is 1. The predicted molar refractivity (Wildman–Crippen MR) is 85.1 cm³/mol. The highest BCUT2D eigenvalue weighted by Crippen LogP contribution is 2.27. The van der Waals surface area contributed by atoms with Crippen molar-refractivity contribution < 1.29 is 15.0 Å². The molecule has 108 valence electrons. The minimum Gasteiger partial charge on any atom is -0.507 e. The molecule has 0 unspecified atom stereocenters. The molecule has 0 aromatic heterocycles. The molecule has 2 rings (SSSR count). The Morgan fingerprint density at radius 2 is 1.57 bits per heavy atom. The number of aromatic hydroxyl groups is 1. The van der Waals surface area contributed by atoms with Gasteiger partial charge in [0.2, 0.25) is 0 Å². The molecule has 0 radical (unpaired) electrons. The first-order chi connectivity index (χ1) is 10.1. The highest BCUT2D eigenvalue weighted by Gasteiger charge is 2.00. The average Bonchev–Trinajstić information content (AvgIpc) is 2.49. The molecule has 0 atom stereocenters. The van der Waals surface area contributed by atoms with Gasteiger partial charge >= 0.3 is 5.97 Å². The van der Waals surface area contributed by atoms with Gasteiger partial charge in [-0.25, -0.2) is 4.79 Å². The molecule has 2 N–H and O–H groups in total. The van der Waals surface area contributed by atoms with Crippen molar-refractivity contribution in [3.8, 4) is 16.9 Å². The molecule has 0 heterocycles. The highest BCUT2D eigenvalue weighted by atomic mass is 16.4. The smallest absolute Gasteiger partial charge is 0.328 e. The maximum Gasteiger partial charge on any atom is 0.328 e. The summed E-state index contributed by atoms with van der Waals surface area (Å²) in [7, 11) is 0. The molecule has 0 saturated heterocycles. The lowest BCUT2D eigenvalue weighted by Gasteiger charge is -2.02. The summed E-state index contributed by atoms with van der Waals surface area (Å²) < 4.78 is 0. The molecule has 0 spiro atoms. The Bertz CT molecular complexity index is 613. The summed E-state index contributed by atoms with van der Waals surface area (Å²) in [5, 5.41) is 17.6. The van der Waals surface area contributed by atoms with E-state index in [1.807, 2.05) is 55.5 Å². The predicted octanol–water partition coefficient (Wildman–Crippen LogP) is 4.26. The first-order valence-electron chi connectivity index (χ1n) is 6.51. The van der Waals surface area contributed by atoms with Gasteiger partial charge in [0.25, 0.3) is 0 Å². The molecule has 0 aliphatic rings. The van der Waals surface area contributed by atoms with Gasteiger partial charge < -0.3 is 10.2 Å². The quantitative estimate of drug-likeness (QED) is 0.653. The molecular weight excluding hydrogens is 264 g/mol. The molecule has 21 heavy (non-hydrogen) atoms. The van der Waals surface area contributed by atoms with Crippen LogP contribution in [-0.2, 0) is 4.79 Å². The number of aliphatic carboxylic acids is 1. The molecule has 2 aromatic carbocycles. The number of hydrogen-bond donors (Lipinski definition) is 2. The van der Waals surface area contributed by atoms with Crippen LogP contribution in [0.4, 0.5) is 0 Å². The summed E-state index contributed by atoms with van der Waals surface area (Å²) >= 11 is 0. The van der Waals surface area contributed by atoms with Crippen molar-refractivity contribution in [3.05, 3.63) is 78.9 Å². The number of allylic oxidation sites excluding steroid dienone is 3. The van der Waals surface area contributed by atoms with E-state index >= 15 is 0 Å². The number of carboxylic acid groups (broad SMARTS) is 1. The fourth-order valence-electron chi connectivity index (χ4n) is 1.58. The van der Waals surface area contributed by atoms with Crippen molar-refractivity contribution in [2.75, 3.05) is 0 Å². The van der Waals surface area contributed by atoms with Crippen LogP contribution in [0.1, 0.15) is 6.92 Å². The molecule has 0 amide bonds. The van der Waals surface area contributed by atoms with E-state index in [1.54, 1.807) is 18.2 Å². The zero-order valence-corrected chi connectivity index (χ0v) is 11.8. The van der Waals surface area contributed by atoms with Crippen molar-refractivity contribution in [1.82, 2.24) is 0 Å². The van der Waals surface area contributed by atoms with Gasteiger partial charge in [0.05, 0.1) is 0 Å². The van der Waals surface area contributed by atoms with Crippen molar-refractivity contribution in [2.24, 2.45) is 0 Å². The second kappa shape index (κ2) is 9.15. The molecule has 3 nitrogen and oxygen atoms in total. The van der Waals surface area contributed by atoms with Crippen LogP contribution in [0.5, 0.6) is 5.75 Å². The van der Waals surface area contributed by atoms with Crippen LogP contribution < -0.4 is 0 Å². The molecule has 0 bridgehead atoms. The van der Waals surface area contributed by atoms with Gasteiger partial charge in [-0.15, -0.1) is 0 Å². The number of phenols is 1. The van der Waals surface area contributed by atoms with Crippen LogP contribution in [0.15, 0.2) is 78.9 Å². The normalized spacial score (nSPS) is 10.3. The van der Waals surface area contributed by atoms with E-state index in [0.717, 1.165) is 17.2 Å². The molecule has 0 aliphatic carbocycles. The van der Waals surface area contributed by atoms with Gasteiger partial charge in [-0.05, 0) is 18.6 Å². The van der Waals surface area contributed by atoms with E-state index in [2.05, 4.69) is 0 Å². The van der Waals surface area contributed by atoms with Crippen LogP contribution in [0.3, 0.4) is 0 Å². The number of benzene rings is 2. The summed E-state index contributed by atoms with van der Waals surface area (Å²) in [6.07, 6.45) is 5.98. The maximum atomic E-state index is 9.75. The van der Waals surface area contributed by atoms with Crippen LogP contribution in [0.25, 0.3) is 11.1 Å². The highest BCUT2D eigenvalue weighted by molar-refractivity contribution is 5.80. The summed E-state index contributed by atoms with van der Waals surface area (Å²) in [6, 6.07) is 17.2. The van der Waals surface area contributed by atoms with Crippen molar-refractivity contribution >= 4 is 5.97 Å². The number of carboxylic acids is 1. The monoisotopic (exact) mass is 282 g/mol. The topological polar surface area (TPSA) is 57.5 Å². The Morgan fingerprint density at radius 3 is 2.14 bits per heavy atom. The van der Waals surface area contributed by atoms with E-state index in [9.17, 15) is 9.90 Å². The lowest BCUT2D eigenvalue weighted by atomic mass is 10.1. The molecule has 0 saturated carbocycles. The number of hydrogen-bond acceptors (Lipinski definition) is 2. The third-order valence-electron chi connectivity index (χ3n) is 2.53. The van der Waals surface area contributed by atoms with E-state index < -0.39 is 5.97 Å². The minimum absolute atomic E-state index is 0.328. The van der Waals surface area contributed by atoms with Gasteiger partial charge in [-0.2, -0.15) is 0 Å². The fraction of sp³-hybridized carbons (Fsp3) is 0.0556. The van der Waals surface area contributed by atoms with Gasteiger partial charge in [0, 0.05) is 11.6 Å². The summed E-state index contributed by atoms with van der Waals surface area (Å²) in [5.74, 6) is -0.586. The molecule has 0 aliphatic heterocycles. The van der Waals surface area contributed by atoms with Crippen molar-refractivity contribution in [3.63, 3.8) is 0 Å². The number of para-hydroxylation sites is 1. The van der Waals surface area contributed by atoms with Crippen LogP contribution in [0.2, 0.25) is 0 Å². The molecular formula is C18H18O3. The Labute approximate surface area is 124 Å². The van der Waals surface area contributed by atoms with Gasteiger partial charge in [-0.3, -0.25) is 0 Å². The Morgan fingerprint density at radius 1 is 0.952 bits per heavy atom. The van der Waals surface area contributed by atoms with Gasteiger partial charge in [-0.1, -0.05) is 66.8 Å². The van der Waals surface area contributed by atoms with E-state index in [0.29, 0.717) is 5.75 Å². The molecule has 2 aromatic rings. The van der Waals surface area contributed by atoms with E-state index in [4.69, 9.17) is 5.11 Å². The minimum atomic E-state index is -0.914. The zero-order chi connectivity index (χ0) is 15.5. The second-order valence-corrected chi connectivity index (χ2v) is 4.11. The lowest BCUT2D eigenvalue weighted by Crippen LogP contribution is -1.83. The Balaban J connectivity index is 0.000000240. The average molecular weight is 282 g/mol. The summed E-state index contributed by atoms with van der Waals surface area (Å²) in [6.45, 7) is 1.83.